The summed E-state index contributed by atoms with van der Waals surface area (Å²) in [6.45, 7) is 3.95. The summed E-state index contributed by atoms with van der Waals surface area (Å²) in [6, 6.07) is 14.4. The summed E-state index contributed by atoms with van der Waals surface area (Å²) in [5.74, 6) is 0.388. The van der Waals surface area contributed by atoms with Crippen molar-refractivity contribution in [1.29, 1.82) is 0 Å². The van der Waals surface area contributed by atoms with E-state index in [0.29, 0.717) is 22.3 Å². The Hall–Kier alpha value is -2.53. The Morgan fingerprint density at radius 1 is 1.17 bits per heavy atom. The highest BCUT2D eigenvalue weighted by Gasteiger charge is 2.08. The Labute approximate surface area is 146 Å². The van der Waals surface area contributed by atoms with Gasteiger partial charge < -0.3 is 15.3 Å². The van der Waals surface area contributed by atoms with Crippen LogP contribution < -0.4 is 10.5 Å². The zero-order valence-corrected chi connectivity index (χ0v) is 14.3. The average Bonchev–Trinajstić information content (AvgIpc) is 2.58. The van der Waals surface area contributed by atoms with E-state index >= 15 is 0 Å². The summed E-state index contributed by atoms with van der Waals surface area (Å²) in [7, 11) is 0. The fraction of sp³-hybridized carbons (Fsp3) is 0.222. The number of amidine groups is 1. The van der Waals surface area contributed by atoms with Gasteiger partial charge in [0.2, 0.25) is 0 Å². The summed E-state index contributed by atoms with van der Waals surface area (Å²) in [6.07, 6.45) is 0. The van der Waals surface area contributed by atoms with Gasteiger partial charge in [-0.15, -0.1) is 0 Å². The van der Waals surface area contributed by atoms with E-state index < -0.39 is 5.97 Å². The van der Waals surface area contributed by atoms with Gasteiger partial charge in [0.15, 0.2) is 12.4 Å². The lowest BCUT2D eigenvalue weighted by atomic mass is 10.0. The van der Waals surface area contributed by atoms with E-state index in [2.05, 4.69) is 19.0 Å². The molecule has 0 saturated carbocycles. The molecule has 0 amide bonds. The summed E-state index contributed by atoms with van der Waals surface area (Å²) < 4.78 is 5.35. The molecule has 0 heterocycles. The first-order valence-electron chi connectivity index (χ1n) is 7.48. The molecule has 126 valence electrons. The molecule has 6 heteroatoms. The summed E-state index contributed by atoms with van der Waals surface area (Å²) in [5, 5.41) is 4.01. The van der Waals surface area contributed by atoms with E-state index in [0.717, 1.165) is 0 Å². The first-order valence-corrected chi connectivity index (χ1v) is 7.86. The predicted octanol–water partition coefficient (Wildman–Crippen LogP) is 3.71. The van der Waals surface area contributed by atoms with Gasteiger partial charge in [0.25, 0.3) is 0 Å². The first-order chi connectivity index (χ1) is 11.5. The van der Waals surface area contributed by atoms with Gasteiger partial charge in [0, 0.05) is 5.56 Å². The number of carbonyl (C=O) groups is 1. The zero-order valence-electron chi connectivity index (χ0n) is 13.5. The van der Waals surface area contributed by atoms with Crippen molar-refractivity contribution in [3.63, 3.8) is 0 Å². The molecule has 0 saturated heterocycles. The lowest BCUT2D eigenvalue weighted by molar-refractivity contribution is -0.146. The second-order valence-electron chi connectivity index (χ2n) is 5.43. The average molecular weight is 347 g/mol. The van der Waals surface area contributed by atoms with Crippen molar-refractivity contribution < 1.29 is 14.4 Å². The van der Waals surface area contributed by atoms with Crippen LogP contribution in [0.15, 0.2) is 53.7 Å². The molecule has 24 heavy (non-hydrogen) atoms. The summed E-state index contributed by atoms with van der Waals surface area (Å²) in [5.41, 5.74) is 7.44. The maximum absolute atomic E-state index is 11.7. The van der Waals surface area contributed by atoms with E-state index in [1.54, 1.807) is 24.3 Å². The smallest absolute Gasteiger partial charge is 0.372 e. The Morgan fingerprint density at radius 2 is 1.83 bits per heavy atom. The fourth-order valence-corrected chi connectivity index (χ4v) is 2.17. The molecule has 2 aromatic rings. The van der Waals surface area contributed by atoms with Crippen molar-refractivity contribution in [2.75, 3.05) is 6.61 Å². The number of hydrogen-bond donors (Lipinski definition) is 1. The van der Waals surface area contributed by atoms with E-state index in [4.69, 9.17) is 26.9 Å². The van der Waals surface area contributed by atoms with Gasteiger partial charge in [0.1, 0.15) is 5.75 Å². The van der Waals surface area contributed by atoms with Crippen molar-refractivity contribution in [1.82, 2.24) is 0 Å². The van der Waals surface area contributed by atoms with Gasteiger partial charge in [0.05, 0.1) is 5.02 Å². The first kappa shape index (κ1) is 17.8. The Balaban J connectivity index is 1.87. The van der Waals surface area contributed by atoms with Crippen molar-refractivity contribution >= 4 is 23.4 Å². The fourth-order valence-electron chi connectivity index (χ4n) is 1.94. The Bertz CT molecular complexity index is 727. The maximum atomic E-state index is 11.7. The quantitative estimate of drug-likeness (QED) is 0.374. The Kier molecular flexibility index (Phi) is 6.21. The van der Waals surface area contributed by atoms with Crippen molar-refractivity contribution in [3.05, 3.63) is 64.7 Å². The van der Waals surface area contributed by atoms with Crippen LogP contribution in [0.5, 0.6) is 5.75 Å². The summed E-state index contributed by atoms with van der Waals surface area (Å²) >= 11 is 5.98. The van der Waals surface area contributed by atoms with Gasteiger partial charge in [-0.05, 0) is 35.7 Å². The topological polar surface area (TPSA) is 73.9 Å². The molecule has 0 aromatic heterocycles. The van der Waals surface area contributed by atoms with Gasteiger partial charge in [-0.1, -0.05) is 54.9 Å². The minimum atomic E-state index is -0.655. The number of nitrogens with zero attached hydrogens (tertiary/aromatic N) is 1. The van der Waals surface area contributed by atoms with E-state index in [9.17, 15) is 4.79 Å². The molecule has 0 bridgehead atoms. The third kappa shape index (κ3) is 4.99. The molecule has 0 radical (unpaired) electrons. The third-order valence-corrected chi connectivity index (χ3v) is 3.63. The molecule has 0 spiro atoms. The van der Waals surface area contributed by atoms with E-state index in [1.165, 1.54) is 5.56 Å². The summed E-state index contributed by atoms with van der Waals surface area (Å²) in [4.78, 5) is 16.4. The molecule has 2 aromatic carbocycles. The molecule has 5 nitrogen and oxygen atoms in total. The van der Waals surface area contributed by atoms with Crippen LogP contribution in [0.2, 0.25) is 5.02 Å². The van der Waals surface area contributed by atoms with Crippen molar-refractivity contribution in [2.45, 2.75) is 19.8 Å². The number of rotatable bonds is 6. The SMILES string of the molecule is CC(C)c1ccc(OCC(=O)O/N=C(/N)c2ccccc2Cl)cc1. The lowest BCUT2D eigenvalue weighted by Crippen LogP contribution is -2.18. The van der Waals surface area contributed by atoms with Crippen LogP contribution in [-0.4, -0.2) is 18.4 Å². The molecule has 2 rings (SSSR count). The molecule has 0 aliphatic carbocycles. The molecule has 0 aliphatic rings. The van der Waals surface area contributed by atoms with Crippen molar-refractivity contribution in [2.24, 2.45) is 10.9 Å². The molecule has 0 atom stereocenters. The van der Waals surface area contributed by atoms with Gasteiger partial charge in [-0.2, -0.15) is 0 Å². The van der Waals surface area contributed by atoms with Crippen LogP contribution in [0.25, 0.3) is 0 Å². The number of oxime groups is 1. The number of nitrogens with two attached hydrogens (primary N) is 1. The number of benzene rings is 2. The molecular formula is C18H19ClN2O3. The molecule has 0 unspecified atom stereocenters. The van der Waals surface area contributed by atoms with Gasteiger partial charge in [-0.25, -0.2) is 4.79 Å². The highest BCUT2D eigenvalue weighted by molar-refractivity contribution is 6.34. The lowest BCUT2D eigenvalue weighted by Gasteiger charge is -2.08. The Morgan fingerprint density at radius 3 is 2.46 bits per heavy atom. The number of ether oxygens (including phenoxy) is 1. The molecule has 2 N–H and O–H groups in total. The highest BCUT2D eigenvalue weighted by Crippen LogP contribution is 2.18. The predicted molar refractivity (Wildman–Crippen MR) is 94.3 cm³/mol. The van der Waals surface area contributed by atoms with E-state index in [1.807, 2.05) is 24.3 Å². The number of carbonyl (C=O) groups excluding carboxylic acids is 1. The van der Waals surface area contributed by atoms with Crippen LogP contribution in [0.3, 0.4) is 0 Å². The normalized spacial score (nSPS) is 11.4. The van der Waals surface area contributed by atoms with Crippen LogP contribution >= 0.6 is 11.6 Å². The zero-order chi connectivity index (χ0) is 17.5. The molecular weight excluding hydrogens is 328 g/mol. The third-order valence-electron chi connectivity index (χ3n) is 3.30. The molecule has 0 fully saturated rings. The number of halogens is 1. The van der Waals surface area contributed by atoms with Crippen LogP contribution in [-0.2, 0) is 9.63 Å². The minimum Gasteiger partial charge on any atom is -0.482 e. The second-order valence-corrected chi connectivity index (χ2v) is 5.84. The van der Waals surface area contributed by atoms with E-state index in [-0.39, 0.29) is 12.4 Å². The van der Waals surface area contributed by atoms with Crippen LogP contribution in [0.1, 0.15) is 30.9 Å². The van der Waals surface area contributed by atoms with Crippen LogP contribution in [0.4, 0.5) is 0 Å². The number of hydrogen-bond acceptors (Lipinski definition) is 4. The maximum Gasteiger partial charge on any atom is 0.372 e. The monoisotopic (exact) mass is 346 g/mol. The minimum absolute atomic E-state index is 0.0234. The van der Waals surface area contributed by atoms with Crippen LogP contribution in [0, 0.1) is 0 Å². The molecule has 0 aliphatic heterocycles. The van der Waals surface area contributed by atoms with Crippen molar-refractivity contribution in [3.8, 4) is 5.75 Å². The largest absolute Gasteiger partial charge is 0.482 e. The second kappa shape index (κ2) is 8.36. The van der Waals surface area contributed by atoms with Gasteiger partial charge in [-0.3, -0.25) is 0 Å². The standard InChI is InChI=1S/C18H19ClN2O3/c1-12(2)13-7-9-14(10-8-13)23-11-17(22)24-21-18(20)15-5-3-4-6-16(15)19/h3-10,12H,11H2,1-2H3,(H2,20,21). The van der Waals surface area contributed by atoms with Gasteiger partial charge >= 0.3 is 5.97 Å². The highest BCUT2D eigenvalue weighted by atomic mass is 35.5.